The number of hydrogen-bond donors (Lipinski definition) is 0. The molecule has 3 aromatic carbocycles. The Balaban J connectivity index is 1.67. The molecule has 6 heteroatoms. The second-order valence-electron chi connectivity index (χ2n) is 6.69. The molecule has 162 valence electrons. The average Bonchev–Trinajstić information content (AvgIpc) is 2.84. The first-order chi connectivity index (χ1) is 15.6. The van der Waals surface area contributed by atoms with Gasteiger partial charge in [0.25, 0.3) is 0 Å². The topological polar surface area (TPSA) is 77.8 Å². The molecular formula is C26H23NO5. The number of esters is 1. The number of nitriles is 1. The Kier molecular flexibility index (Phi) is 7.88. The van der Waals surface area contributed by atoms with Crippen LogP contribution in [0.1, 0.15) is 17.5 Å². The lowest BCUT2D eigenvalue weighted by Crippen LogP contribution is -2.13. The summed E-state index contributed by atoms with van der Waals surface area (Å²) in [5.74, 6) is 1.67. The maximum absolute atomic E-state index is 12.2. The van der Waals surface area contributed by atoms with E-state index in [4.69, 9.17) is 18.9 Å². The second-order valence-corrected chi connectivity index (χ2v) is 6.69. The van der Waals surface area contributed by atoms with Crippen molar-refractivity contribution >= 4 is 17.6 Å². The van der Waals surface area contributed by atoms with E-state index in [1.54, 1.807) is 43.5 Å². The van der Waals surface area contributed by atoms with Crippen LogP contribution in [0.5, 0.6) is 23.0 Å². The summed E-state index contributed by atoms with van der Waals surface area (Å²) >= 11 is 0. The van der Waals surface area contributed by atoms with Gasteiger partial charge in [0.2, 0.25) is 0 Å². The predicted octanol–water partition coefficient (Wildman–Crippen LogP) is 5.14. The van der Waals surface area contributed by atoms with E-state index in [0.29, 0.717) is 28.6 Å². The maximum atomic E-state index is 12.2. The summed E-state index contributed by atoms with van der Waals surface area (Å²) in [6.07, 6.45) is 1.83. The quantitative estimate of drug-likeness (QED) is 0.203. The maximum Gasteiger partial charge on any atom is 0.314 e. The fourth-order valence-corrected chi connectivity index (χ4v) is 2.92. The zero-order valence-electron chi connectivity index (χ0n) is 17.9. The summed E-state index contributed by atoms with van der Waals surface area (Å²) < 4.78 is 21.5. The molecule has 0 amide bonds. The number of methoxy groups -OCH3 is 2. The Hall–Kier alpha value is -4.24. The molecule has 0 aliphatic heterocycles. The van der Waals surface area contributed by atoms with Gasteiger partial charge in [-0.25, -0.2) is 0 Å². The van der Waals surface area contributed by atoms with E-state index in [1.165, 1.54) is 7.11 Å². The summed E-state index contributed by atoms with van der Waals surface area (Å²) in [5, 5.41) is 9.57. The molecule has 3 rings (SSSR count). The number of rotatable bonds is 9. The fourth-order valence-electron chi connectivity index (χ4n) is 2.92. The Labute approximate surface area is 187 Å². The van der Waals surface area contributed by atoms with Crippen molar-refractivity contribution in [3.8, 4) is 29.1 Å². The van der Waals surface area contributed by atoms with Crippen LogP contribution in [0.2, 0.25) is 0 Å². The molecule has 0 N–H and O–H groups in total. The standard InChI is InChI=1S/C26H23NO5/c1-29-22-11-9-20(10-12-22)21(18-27)16-19-8-13-24(25(17-19)30-2)32-26(28)14-15-31-23-6-4-3-5-7-23/h3-13,16-17H,14-15H2,1-2H3/b21-16-. The van der Waals surface area contributed by atoms with Crippen LogP contribution in [0.25, 0.3) is 11.6 Å². The van der Waals surface area contributed by atoms with Crippen LogP contribution in [0.4, 0.5) is 0 Å². The molecule has 0 aromatic heterocycles. The minimum atomic E-state index is -0.432. The highest BCUT2D eigenvalue weighted by Crippen LogP contribution is 2.30. The van der Waals surface area contributed by atoms with Crippen molar-refractivity contribution < 1.29 is 23.7 Å². The Bertz CT molecular complexity index is 1120. The van der Waals surface area contributed by atoms with Gasteiger partial charge in [0.05, 0.1) is 38.9 Å². The van der Waals surface area contributed by atoms with Crippen molar-refractivity contribution in [1.82, 2.24) is 0 Å². The number of ether oxygens (including phenoxy) is 4. The summed E-state index contributed by atoms with van der Waals surface area (Å²) in [6, 6.07) is 23.8. The summed E-state index contributed by atoms with van der Waals surface area (Å²) in [5.41, 5.74) is 1.99. The zero-order chi connectivity index (χ0) is 22.8. The lowest BCUT2D eigenvalue weighted by Gasteiger charge is -2.11. The van der Waals surface area contributed by atoms with Crippen molar-refractivity contribution in [3.63, 3.8) is 0 Å². The van der Waals surface area contributed by atoms with E-state index < -0.39 is 5.97 Å². The van der Waals surface area contributed by atoms with Crippen LogP contribution >= 0.6 is 0 Å². The van der Waals surface area contributed by atoms with Crippen LogP contribution < -0.4 is 18.9 Å². The Morgan fingerprint density at radius 3 is 2.31 bits per heavy atom. The van der Waals surface area contributed by atoms with E-state index in [9.17, 15) is 10.1 Å². The third kappa shape index (κ3) is 6.13. The van der Waals surface area contributed by atoms with Gasteiger partial charge in [0.1, 0.15) is 11.5 Å². The number of allylic oxidation sites excluding steroid dienone is 1. The monoisotopic (exact) mass is 429 g/mol. The van der Waals surface area contributed by atoms with E-state index in [1.807, 2.05) is 42.5 Å². The predicted molar refractivity (Wildman–Crippen MR) is 122 cm³/mol. The molecule has 0 aliphatic rings. The molecule has 0 radical (unpaired) electrons. The van der Waals surface area contributed by atoms with Gasteiger partial charge in [-0.1, -0.05) is 24.3 Å². The van der Waals surface area contributed by atoms with Crippen LogP contribution in [0.3, 0.4) is 0 Å². The Morgan fingerprint density at radius 1 is 0.906 bits per heavy atom. The summed E-state index contributed by atoms with van der Waals surface area (Å²) in [7, 11) is 3.08. The van der Waals surface area contributed by atoms with E-state index in [-0.39, 0.29) is 13.0 Å². The van der Waals surface area contributed by atoms with Gasteiger partial charge in [-0.2, -0.15) is 5.26 Å². The highest BCUT2D eigenvalue weighted by atomic mass is 16.6. The van der Waals surface area contributed by atoms with E-state index in [2.05, 4.69) is 6.07 Å². The van der Waals surface area contributed by atoms with Gasteiger partial charge in [0.15, 0.2) is 11.5 Å². The van der Waals surface area contributed by atoms with Gasteiger partial charge in [-0.3, -0.25) is 4.79 Å². The van der Waals surface area contributed by atoms with Crippen LogP contribution in [0.15, 0.2) is 72.8 Å². The number of para-hydroxylation sites is 1. The normalized spacial score (nSPS) is 10.7. The zero-order valence-corrected chi connectivity index (χ0v) is 17.9. The molecule has 0 heterocycles. The van der Waals surface area contributed by atoms with Crippen LogP contribution in [-0.4, -0.2) is 26.8 Å². The summed E-state index contributed by atoms with van der Waals surface area (Å²) in [4.78, 5) is 12.2. The van der Waals surface area contributed by atoms with Crippen LogP contribution in [-0.2, 0) is 4.79 Å². The lowest BCUT2D eigenvalue weighted by atomic mass is 10.0. The van der Waals surface area contributed by atoms with Gasteiger partial charge in [-0.15, -0.1) is 0 Å². The molecule has 0 aliphatic carbocycles. The molecule has 0 spiro atoms. The first kappa shape index (κ1) is 22.4. The number of benzene rings is 3. The van der Waals surface area contributed by atoms with Crippen molar-refractivity contribution in [2.24, 2.45) is 0 Å². The van der Waals surface area contributed by atoms with E-state index in [0.717, 1.165) is 11.1 Å². The summed E-state index contributed by atoms with van der Waals surface area (Å²) in [6.45, 7) is 0.208. The molecule has 0 unspecified atom stereocenters. The molecule has 0 fully saturated rings. The molecule has 32 heavy (non-hydrogen) atoms. The van der Waals surface area contributed by atoms with Gasteiger partial charge < -0.3 is 18.9 Å². The third-order valence-corrected chi connectivity index (χ3v) is 4.56. The van der Waals surface area contributed by atoms with Gasteiger partial charge in [0, 0.05) is 0 Å². The highest BCUT2D eigenvalue weighted by Gasteiger charge is 2.12. The minimum Gasteiger partial charge on any atom is -0.497 e. The fraction of sp³-hybridized carbons (Fsp3) is 0.154. The number of carbonyl (C=O) groups excluding carboxylic acids is 1. The smallest absolute Gasteiger partial charge is 0.314 e. The van der Waals surface area contributed by atoms with Crippen molar-refractivity contribution in [1.29, 1.82) is 5.26 Å². The highest BCUT2D eigenvalue weighted by molar-refractivity contribution is 5.90. The molecule has 0 atom stereocenters. The van der Waals surface area contributed by atoms with Gasteiger partial charge >= 0.3 is 5.97 Å². The lowest BCUT2D eigenvalue weighted by molar-refractivity contribution is -0.135. The van der Waals surface area contributed by atoms with Crippen molar-refractivity contribution in [3.05, 3.63) is 83.9 Å². The van der Waals surface area contributed by atoms with Crippen LogP contribution in [0, 0.1) is 11.3 Å². The van der Waals surface area contributed by atoms with E-state index >= 15 is 0 Å². The SMILES string of the molecule is COc1ccc(/C(C#N)=C\c2ccc(OC(=O)CCOc3ccccc3)c(OC)c2)cc1. The molecule has 6 nitrogen and oxygen atoms in total. The van der Waals surface area contributed by atoms with Crippen molar-refractivity contribution in [2.75, 3.05) is 20.8 Å². The molecule has 0 saturated heterocycles. The number of hydrogen-bond acceptors (Lipinski definition) is 6. The number of nitrogens with zero attached hydrogens (tertiary/aromatic N) is 1. The Morgan fingerprint density at radius 2 is 1.66 bits per heavy atom. The molecule has 3 aromatic rings. The third-order valence-electron chi connectivity index (χ3n) is 4.56. The molecule has 0 saturated carbocycles. The first-order valence-electron chi connectivity index (χ1n) is 9.95. The molecule has 0 bridgehead atoms. The number of carbonyl (C=O) groups is 1. The largest absolute Gasteiger partial charge is 0.497 e. The first-order valence-corrected chi connectivity index (χ1v) is 9.95. The van der Waals surface area contributed by atoms with Gasteiger partial charge in [-0.05, 0) is 65.7 Å². The second kappa shape index (κ2) is 11.2. The minimum absolute atomic E-state index is 0.0930. The van der Waals surface area contributed by atoms with Crippen molar-refractivity contribution in [2.45, 2.75) is 6.42 Å². The average molecular weight is 429 g/mol. The molecular weight excluding hydrogens is 406 g/mol.